The van der Waals surface area contributed by atoms with Crippen LogP contribution in [-0.2, 0) is 6.42 Å². The number of aliphatic hydroxyl groups is 1. The van der Waals surface area contributed by atoms with E-state index in [0.717, 1.165) is 18.4 Å². The van der Waals surface area contributed by atoms with Crippen molar-refractivity contribution in [2.75, 3.05) is 7.11 Å². The molecule has 0 atom stereocenters. The van der Waals surface area contributed by atoms with Crippen LogP contribution in [-0.4, -0.2) is 22.9 Å². The van der Waals surface area contributed by atoms with Crippen molar-refractivity contribution in [3.63, 3.8) is 0 Å². The second-order valence-corrected chi connectivity index (χ2v) is 4.84. The number of aromatic hydroxyl groups is 1. The van der Waals surface area contributed by atoms with E-state index in [0.29, 0.717) is 16.6 Å². The molecule has 4 heteroatoms. The molecular weight excluding hydrogens is 260 g/mol. The van der Waals surface area contributed by atoms with E-state index in [-0.39, 0.29) is 5.75 Å². The van der Waals surface area contributed by atoms with Crippen LogP contribution in [0.15, 0.2) is 16.6 Å². The number of benzene rings is 1. The molecule has 0 aromatic heterocycles. The maximum Gasteiger partial charge on any atom is 0.174 e. The zero-order valence-corrected chi connectivity index (χ0v) is 10.0. The Morgan fingerprint density at radius 1 is 1.47 bits per heavy atom. The minimum Gasteiger partial charge on any atom is -0.504 e. The summed E-state index contributed by atoms with van der Waals surface area (Å²) in [5.74, 6) is 0.545. The summed E-state index contributed by atoms with van der Waals surface area (Å²) in [6.07, 6.45) is 2.11. The summed E-state index contributed by atoms with van der Waals surface area (Å²) in [6.45, 7) is 0. The number of phenolic OH excluding ortho intramolecular Hbond substituents is 1. The van der Waals surface area contributed by atoms with Gasteiger partial charge in [-0.1, -0.05) is 6.07 Å². The Morgan fingerprint density at radius 3 is 2.67 bits per heavy atom. The van der Waals surface area contributed by atoms with Gasteiger partial charge in [0.25, 0.3) is 0 Å². The van der Waals surface area contributed by atoms with E-state index in [1.54, 1.807) is 6.07 Å². The van der Waals surface area contributed by atoms with Gasteiger partial charge >= 0.3 is 0 Å². The summed E-state index contributed by atoms with van der Waals surface area (Å²) < 4.78 is 5.79. The maximum atomic E-state index is 9.89. The van der Waals surface area contributed by atoms with Gasteiger partial charge < -0.3 is 14.9 Å². The highest BCUT2D eigenvalue weighted by Crippen LogP contribution is 2.43. The highest BCUT2D eigenvalue weighted by atomic mass is 79.9. The number of ether oxygens (including phenoxy) is 1. The first-order valence-corrected chi connectivity index (χ1v) is 5.62. The molecular formula is C11H13BrO3. The quantitative estimate of drug-likeness (QED) is 0.887. The number of phenols is 1. The Labute approximate surface area is 96.8 Å². The fourth-order valence-electron chi connectivity index (χ4n) is 1.60. The third-order valence-corrected chi connectivity index (χ3v) is 3.34. The van der Waals surface area contributed by atoms with E-state index in [9.17, 15) is 10.2 Å². The Balaban J connectivity index is 2.31. The maximum absolute atomic E-state index is 9.89. The van der Waals surface area contributed by atoms with Crippen LogP contribution >= 0.6 is 15.9 Å². The molecule has 1 aliphatic rings. The summed E-state index contributed by atoms with van der Waals surface area (Å²) in [6, 6.07) is 3.62. The number of halogens is 1. The fraction of sp³-hybridized carbons (Fsp3) is 0.455. The van der Waals surface area contributed by atoms with Crippen molar-refractivity contribution in [3.8, 4) is 11.5 Å². The normalized spacial score (nSPS) is 17.5. The first kappa shape index (κ1) is 10.8. The molecule has 0 spiro atoms. The van der Waals surface area contributed by atoms with Gasteiger partial charge in [-0.15, -0.1) is 0 Å². The third kappa shape index (κ3) is 2.11. The average molecular weight is 273 g/mol. The summed E-state index contributed by atoms with van der Waals surface area (Å²) in [5.41, 5.74) is 0.131. The monoisotopic (exact) mass is 272 g/mol. The van der Waals surface area contributed by atoms with Crippen molar-refractivity contribution in [2.45, 2.75) is 24.9 Å². The topological polar surface area (TPSA) is 49.7 Å². The van der Waals surface area contributed by atoms with E-state index in [2.05, 4.69) is 15.9 Å². The zero-order valence-electron chi connectivity index (χ0n) is 8.46. The molecule has 2 N–H and O–H groups in total. The molecule has 2 rings (SSSR count). The Morgan fingerprint density at radius 2 is 2.13 bits per heavy atom. The molecule has 1 fully saturated rings. The van der Waals surface area contributed by atoms with Gasteiger partial charge in [0.15, 0.2) is 11.5 Å². The van der Waals surface area contributed by atoms with Crippen LogP contribution in [0.1, 0.15) is 18.4 Å². The van der Waals surface area contributed by atoms with Crippen molar-refractivity contribution in [3.05, 3.63) is 22.2 Å². The number of hydrogen-bond donors (Lipinski definition) is 2. The Kier molecular flexibility index (Phi) is 2.64. The molecule has 0 aliphatic heterocycles. The smallest absolute Gasteiger partial charge is 0.174 e. The molecule has 0 bridgehead atoms. The van der Waals surface area contributed by atoms with Crippen molar-refractivity contribution >= 4 is 15.9 Å². The lowest BCUT2D eigenvalue weighted by Crippen LogP contribution is -2.10. The first-order valence-electron chi connectivity index (χ1n) is 4.82. The van der Waals surface area contributed by atoms with Crippen molar-refractivity contribution in [1.29, 1.82) is 0 Å². The van der Waals surface area contributed by atoms with Crippen LogP contribution in [0.3, 0.4) is 0 Å². The van der Waals surface area contributed by atoms with Crippen molar-refractivity contribution in [1.82, 2.24) is 0 Å². The van der Waals surface area contributed by atoms with Crippen molar-refractivity contribution < 1.29 is 14.9 Å². The van der Waals surface area contributed by atoms with E-state index in [4.69, 9.17) is 4.74 Å². The second-order valence-electron chi connectivity index (χ2n) is 3.99. The summed E-state index contributed by atoms with van der Waals surface area (Å²) in [7, 11) is 1.51. The average Bonchev–Trinajstić information content (AvgIpc) is 2.90. The molecule has 1 aromatic carbocycles. The van der Waals surface area contributed by atoms with Gasteiger partial charge in [-0.25, -0.2) is 0 Å². The van der Waals surface area contributed by atoms with Gasteiger partial charge in [0.05, 0.1) is 17.2 Å². The molecule has 82 valence electrons. The molecule has 0 amide bonds. The third-order valence-electron chi connectivity index (χ3n) is 2.72. The largest absolute Gasteiger partial charge is 0.504 e. The zero-order chi connectivity index (χ0) is 11.1. The SMILES string of the molecule is COc1c(Br)ccc(CC2(O)CC2)c1O. The van der Waals surface area contributed by atoms with E-state index >= 15 is 0 Å². The Bertz CT molecular complexity index is 386. The molecule has 0 heterocycles. The Hall–Kier alpha value is -0.740. The van der Waals surface area contributed by atoms with E-state index in [1.807, 2.05) is 6.07 Å². The van der Waals surface area contributed by atoms with Gasteiger partial charge in [-0.2, -0.15) is 0 Å². The highest BCUT2D eigenvalue weighted by molar-refractivity contribution is 9.10. The molecule has 15 heavy (non-hydrogen) atoms. The van der Waals surface area contributed by atoms with E-state index in [1.165, 1.54) is 7.11 Å². The summed E-state index contributed by atoms with van der Waals surface area (Å²) in [4.78, 5) is 0. The number of rotatable bonds is 3. The lowest BCUT2D eigenvalue weighted by molar-refractivity contribution is 0.150. The molecule has 1 aromatic rings. The molecule has 0 radical (unpaired) electrons. The van der Waals surface area contributed by atoms with E-state index < -0.39 is 5.60 Å². The van der Waals surface area contributed by atoms with Crippen LogP contribution < -0.4 is 4.74 Å². The first-order chi connectivity index (χ1) is 7.06. The van der Waals surface area contributed by atoms with Gasteiger partial charge in [-0.3, -0.25) is 0 Å². The molecule has 0 unspecified atom stereocenters. The van der Waals surface area contributed by atoms with Crippen LogP contribution in [0.4, 0.5) is 0 Å². The molecule has 0 saturated heterocycles. The van der Waals surface area contributed by atoms with Crippen molar-refractivity contribution in [2.24, 2.45) is 0 Å². The van der Waals surface area contributed by atoms with Gasteiger partial charge in [0.2, 0.25) is 0 Å². The molecule has 3 nitrogen and oxygen atoms in total. The van der Waals surface area contributed by atoms with Crippen LogP contribution in [0.25, 0.3) is 0 Å². The fourth-order valence-corrected chi connectivity index (χ4v) is 2.08. The minimum absolute atomic E-state index is 0.118. The highest BCUT2D eigenvalue weighted by Gasteiger charge is 2.41. The summed E-state index contributed by atoms with van der Waals surface area (Å²) >= 11 is 3.29. The van der Waals surface area contributed by atoms with Crippen LogP contribution in [0.2, 0.25) is 0 Å². The lowest BCUT2D eigenvalue weighted by atomic mass is 10.1. The second kappa shape index (κ2) is 3.68. The van der Waals surface area contributed by atoms with Crippen LogP contribution in [0.5, 0.6) is 11.5 Å². The van der Waals surface area contributed by atoms with Gasteiger partial charge in [-0.05, 0) is 34.8 Å². The predicted molar refractivity (Wildman–Crippen MR) is 60.2 cm³/mol. The standard InChI is InChI=1S/C11H13BrO3/c1-15-10-8(12)3-2-7(9(10)13)6-11(14)4-5-11/h2-3,13-14H,4-6H2,1H3. The summed E-state index contributed by atoms with van der Waals surface area (Å²) in [5, 5.41) is 19.7. The number of methoxy groups -OCH3 is 1. The minimum atomic E-state index is -0.601. The lowest BCUT2D eigenvalue weighted by Gasteiger charge is -2.13. The molecule has 1 aliphatic carbocycles. The van der Waals surface area contributed by atoms with Gasteiger partial charge in [0, 0.05) is 12.0 Å². The molecule has 1 saturated carbocycles. The van der Waals surface area contributed by atoms with Crippen LogP contribution in [0, 0.1) is 0 Å². The van der Waals surface area contributed by atoms with Gasteiger partial charge in [0.1, 0.15) is 0 Å². The predicted octanol–water partition coefficient (Wildman–Crippen LogP) is 2.23. The number of hydrogen-bond acceptors (Lipinski definition) is 3.